The highest BCUT2D eigenvalue weighted by Crippen LogP contribution is 2.21. The van der Waals surface area contributed by atoms with E-state index in [4.69, 9.17) is 0 Å². The first kappa shape index (κ1) is 13.0. The fraction of sp³-hybridized carbons (Fsp3) is 0.143. The van der Waals surface area contributed by atoms with Gasteiger partial charge in [-0.25, -0.2) is 8.78 Å². The van der Waals surface area contributed by atoms with Gasteiger partial charge in [-0.05, 0) is 36.8 Å². The predicted octanol–water partition coefficient (Wildman–Crippen LogP) is 4.65. The molecule has 0 radical (unpaired) electrons. The molecule has 0 aliphatic heterocycles. The maximum atomic E-state index is 13.4. The zero-order valence-electron chi connectivity index (χ0n) is 9.81. The number of benzene rings is 2. The molecule has 0 atom stereocenters. The first-order valence-electron chi connectivity index (χ1n) is 5.51. The minimum absolute atomic E-state index is 0.256. The quantitative estimate of drug-likeness (QED) is 0.870. The lowest BCUT2D eigenvalue weighted by molar-refractivity contribution is 0.500. The Morgan fingerprint density at radius 1 is 1.17 bits per heavy atom. The monoisotopic (exact) mass is 311 g/mol. The molecule has 0 saturated carbocycles. The molecule has 2 rings (SSSR count). The van der Waals surface area contributed by atoms with Crippen molar-refractivity contribution in [1.29, 1.82) is 0 Å². The van der Waals surface area contributed by atoms with Gasteiger partial charge < -0.3 is 5.32 Å². The van der Waals surface area contributed by atoms with Crippen molar-refractivity contribution in [2.24, 2.45) is 0 Å². The molecule has 18 heavy (non-hydrogen) atoms. The lowest BCUT2D eigenvalue weighted by Gasteiger charge is -2.10. The van der Waals surface area contributed by atoms with Crippen LogP contribution in [0.3, 0.4) is 0 Å². The van der Waals surface area contributed by atoms with Gasteiger partial charge in [0.15, 0.2) is 11.6 Å². The summed E-state index contributed by atoms with van der Waals surface area (Å²) in [7, 11) is 0. The van der Waals surface area contributed by atoms with Crippen LogP contribution in [-0.4, -0.2) is 0 Å². The summed E-state index contributed by atoms with van der Waals surface area (Å²) in [5, 5.41) is 3.10. The largest absolute Gasteiger partial charge is 0.381 e. The van der Waals surface area contributed by atoms with E-state index in [1.807, 2.05) is 25.1 Å². The molecule has 0 aromatic heterocycles. The van der Waals surface area contributed by atoms with Crippen LogP contribution in [0.5, 0.6) is 0 Å². The third kappa shape index (κ3) is 2.88. The number of halogens is 3. The molecule has 0 aliphatic rings. The molecular formula is C14H12BrF2N. The summed E-state index contributed by atoms with van der Waals surface area (Å²) >= 11 is 3.38. The number of nitrogens with one attached hydrogen (secondary N) is 1. The molecule has 0 aliphatic carbocycles. The molecule has 1 nitrogen and oxygen atoms in total. The fourth-order valence-electron chi connectivity index (χ4n) is 1.70. The van der Waals surface area contributed by atoms with Crippen molar-refractivity contribution < 1.29 is 8.78 Å². The molecule has 0 heterocycles. The fourth-order valence-corrected chi connectivity index (χ4v) is 2.18. The van der Waals surface area contributed by atoms with Crippen LogP contribution >= 0.6 is 15.9 Å². The molecule has 0 spiro atoms. The van der Waals surface area contributed by atoms with Gasteiger partial charge in [0.2, 0.25) is 0 Å². The molecule has 0 unspecified atom stereocenters. The third-order valence-corrected chi connectivity index (χ3v) is 3.18. The summed E-state index contributed by atoms with van der Waals surface area (Å²) in [4.78, 5) is 0. The van der Waals surface area contributed by atoms with Gasteiger partial charge in [0.25, 0.3) is 0 Å². The van der Waals surface area contributed by atoms with Crippen molar-refractivity contribution in [2.45, 2.75) is 13.5 Å². The van der Waals surface area contributed by atoms with Crippen LogP contribution in [-0.2, 0) is 6.54 Å². The Labute approximate surface area is 113 Å². The number of rotatable bonds is 3. The average Bonchev–Trinajstić information content (AvgIpc) is 2.33. The highest BCUT2D eigenvalue weighted by molar-refractivity contribution is 9.10. The summed E-state index contributed by atoms with van der Waals surface area (Å²) in [6.45, 7) is 2.21. The number of hydrogen-bond donors (Lipinski definition) is 1. The van der Waals surface area contributed by atoms with Gasteiger partial charge >= 0.3 is 0 Å². The highest BCUT2D eigenvalue weighted by atomic mass is 79.9. The number of aryl methyl sites for hydroxylation is 1. The van der Waals surface area contributed by atoms with E-state index in [9.17, 15) is 8.78 Å². The summed E-state index contributed by atoms with van der Waals surface area (Å²) in [6, 6.07) is 9.95. The van der Waals surface area contributed by atoms with E-state index >= 15 is 0 Å². The highest BCUT2D eigenvalue weighted by Gasteiger charge is 2.07. The van der Waals surface area contributed by atoms with Gasteiger partial charge in [-0.3, -0.25) is 0 Å². The Morgan fingerprint density at radius 3 is 2.67 bits per heavy atom. The van der Waals surface area contributed by atoms with E-state index in [0.29, 0.717) is 5.56 Å². The lowest BCUT2D eigenvalue weighted by atomic mass is 10.1. The van der Waals surface area contributed by atoms with Crippen LogP contribution in [0.1, 0.15) is 11.1 Å². The van der Waals surface area contributed by atoms with Crippen LogP contribution in [0.25, 0.3) is 0 Å². The maximum Gasteiger partial charge on any atom is 0.163 e. The predicted molar refractivity (Wildman–Crippen MR) is 72.6 cm³/mol. The van der Waals surface area contributed by atoms with Gasteiger partial charge in [-0.15, -0.1) is 0 Å². The average molecular weight is 312 g/mol. The summed E-state index contributed by atoms with van der Waals surface area (Å²) in [5.41, 5.74) is 2.26. The van der Waals surface area contributed by atoms with Gasteiger partial charge in [0, 0.05) is 22.3 Å². The Morgan fingerprint density at radius 2 is 1.94 bits per heavy atom. The molecule has 1 N–H and O–H groups in total. The summed E-state index contributed by atoms with van der Waals surface area (Å²) < 4.78 is 27.5. The Hall–Kier alpha value is -1.42. The second-order valence-corrected chi connectivity index (χ2v) is 4.94. The van der Waals surface area contributed by atoms with Crippen molar-refractivity contribution in [3.63, 3.8) is 0 Å². The number of anilines is 1. The lowest BCUT2D eigenvalue weighted by Crippen LogP contribution is -2.04. The summed E-state index contributed by atoms with van der Waals surface area (Å²) in [6.07, 6.45) is 0. The molecule has 0 saturated heterocycles. The Balaban J connectivity index is 2.14. The van der Waals surface area contributed by atoms with E-state index in [2.05, 4.69) is 21.2 Å². The smallest absolute Gasteiger partial charge is 0.163 e. The molecule has 0 fully saturated rings. The number of hydrogen-bond acceptors (Lipinski definition) is 1. The minimum Gasteiger partial charge on any atom is -0.381 e. The molecule has 4 heteroatoms. The summed E-state index contributed by atoms with van der Waals surface area (Å²) in [5.74, 6) is -1.61. The first-order valence-corrected chi connectivity index (χ1v) is 6.30. The van der Waals surface area contributed by atoms with Gasteiger partial charge in [-0.1, -0.05) is 28.1 Å². The van der Waals surface area contributed by atoms with Gasteiger partial charge in [0.1, 0.15) is 0 Å². The zero-order valence-corrected chi connectivity index (χ0v) is 11.4. The molecule has 0 amide bonds. The van der Waals surface area contributed by atoms with E-state index in [0.717, 1.165) is 21.8 Å². The van der Waals surface area contributed by atoms with Crippen LogP contribution in [0, 0.1) is 18.6 Å². The van der Waals surface area contributed by atoms with Crippen LogP contribution in [0.2, 0.25) is 0 Å². The zero-order chi connectivity index (χ0) is 13.1. The van der Waals surface area contributed by atoms with Crippen molar-refractivity contribution >= 4 is 21.6 Å². The molecule has 94 valence electrons. The third-order valence-electron chi connectivity index (χ3n) is 2.69. The Kier molecular flexibility index (Phi) is 3.97. The Bertz CT molecular complexity index is 570. The van der Waals surface area contributed by atoms with Crippen molar-refractivity contribution in [3.05, 3.63) is 63.6 Å². The topological polar surface area (TPSA) is 12.0 Å². The first-order chi connectivity index (χ1) is 8.58. The SMILES string of the molecule is Cc1cc(Br)ccc1NCc1cccc(F)c1F. The second-order valence-electron chi connectivity index (χ2n) is 4.03. The molecule has 2 aromatic rings. The van der Waals surface area contributed by atoms with Gasteiger partial charge in [0.05, 0.1) is 0 Å². The standard InChI is InChI=1S/C14H12BrF2N/c1-9-7-11(15)5-6-13(9)18-8-10-3-2-4-12(16)14(10)17/h2-7,18H,8H2,1H3. The molecule has 2 aromatic carbocycles. The minimum atomic E-state index is -0.818. The van der Waals surface area contributed by atoms with Crippen molar-refractivity contribution in [1.82, 2.24) is 0 Å². The van der Waals surface area contributed by atoms with Crippen LogP contribution in [0.4, 0.5) is 14.5 Å². The van der Waals surface area contributed by atoms with Crippen LogP contribution < -0.4 is 5.32 Å². The van der Waals surface area contributed by atoms with E-state index < -0.39 is 11.6 Å². The normalized spacial score (nSPS) is 10.4. The van der Waals surface area contributed by atoms with E-state index in [1.165, 1.54) is 6.07 Å². The van der Waals surface area contributed by atoms with Gasteiger partial charge in [-0.2, -0.15) is 0 Å². The maximum absolute atomic E-state index is 13.4. The molecule has 0 bridgehead atoms. The van der Waals surface area contributed by atoms with E-state index in [-0.39, 0.29) is 6.54 Å². The van der Waals surface area contributed by atoms with Crippen molar-refractivity contribution in [3.8, 4) is 0 Å². The molecular weight excluding hydrogens is 300 g/mol. The van der Waals surface area contributed by atoms with E-state index in [1.54, 1.807) is 6.07 Å². The second kappa shape index (κ2) is 5.48. The van der Waals surface area contributed by atoms with Crippen molar-refractivity contribution in [2.75, 3.05) is 5.32 Å². The van der Waals surface area contributed by atoms with Crippen LogP contribution in [0.15, 0.2) is 40.9 Å².